The average molecular weight is 363 g/mol. The van der Waals surface area contributed by atoms with Crippen LogP contribution >= 0.6 is 11.6 Å². The van der Waals surface area contributed by atoms with Crippen LogP contribution in [0, 0.1) is 0 Å². The van der Waals surface area contributed by atoms with Gasteiger partial charge in [-0.25, -0.2) is 5.84 Å². The number of hydrazine groups is 1. The lowest BCUT2D eigenvalue weighted by Crippen LogP contribution is -2.33. The molecule has 0 spiro atoms. The van der Waals surface area contributed by atoms with E-state index in [2.05, 4.69) is 0 Å². The van der Waals surface area contributed by atoms with E-state index in [0.29, 0.717) is 28.7 Å². The number of hydrogen-bond acceptors (Lipinski definition) is 6. The molecule has 0 bridgehead atoms. The molecule has 3 rings (SSSR count). The number of fused-ring (bicyclic) bond motifs is 1. The van der Waals surface area contributed by atoms with Gasteiger partial charge < -0.3 is 14.2 Å². The SMILES string of the molecule is CCOC1=CC(Cl)=C/C(=C\N(N)C(=O)c2ccc3c(c2)OCO3)C1=O. The largest absolute Gasteiger partial charge is 0.490 e. The molecule has 7 nitrogen and oxygen atoms in total. The fourth-order valence-corrected chi connectivity index (χ4v) is 2.55. The Kier molecular flexibility index (Phi) is 4.78. The molecule has 0 fully saturated rings. The zero-order valence-corrected chi connectivity index (χ0v) is 14.1. The molecule has 1 amide bonds. The number of allylic oxidation sites excluding steroid dienone is 4. The zero-order valence-electron chi connectivity index (χ0n) is 13.3. The first-order valence-electron chi connectivity index (χ1n) is 7.45. The van der Waals surface area contributed by atoms with Crippen molar-refractivity contribution >= 4 is 23.3 Å². The van der Waals surface area contributed by atoms with Crippen molar-refractivity contribution in [2.75, 3.05) is 13.4 Å². The van der Waals surface area contributed by atoms with Gasteiger partial charge >= 0.3 is 0 Å². The van der Waals surface area contributed by atoms with Crippen LogP contribution in [-0.2, 0) is 9.53 Å². The molecule has 0 saturated heterocycles. The lowest BCUT2D eigenvalue weighted by molar-refractivity contribution is -0.115. The highest BCUT2D eigenvalue weighted by Gasteiger charge is 2.23. The number of carbonyl (C=O) groups is 2. The molecular formula is C17H15ClN2O5. The number of nitrogens with two attached hydrogens (primary N) is 1. The van der Waals surface area contributed by atoms with E-state index in [1.54, 1.807) is 19.1 Å². The molecule has 0 radical (unpaired) electrons. The first-order valence-corrected chi connectivity index (χ1v) is 7.83. The van der Waals surface area contributed by atoms with E-state index >= 15 is 0 Å². The fourth-order valence-electron chi connectivity index (χ4n) is 2.33. The summed E-state index contributed by atoms with van der Waals surface area (Å²) in [6, 6.07) is 4.71. The topological polar surface area (TPSA) is 91.1 Å². The van der Waals surface area contributed by atoms with E-state index in [9.17, 15) is 9.59 Å². The normalized spacial score (nSPS) is 17.2. The third-order valence-electron chi connectivity index (χ3n) is 3.48. The van der Waals surface area contributed by atoms with Crippen LogP contribution in [0.1, 0.15) is 17.3 Å². The zero-order chi connectivity index (χ0) is 18.0. The van der Waals surface area contributed by atoms with Gasteiger partial charge in [0.05, 0.1) is 6.61 Å². The lowest BCUT2D eigenvalue weighted by Gasteiger charge is -2.16. The maximum Gasteiger partial charge on any atom is 0.272 e. The highest BCUT2D eigenvalue weighted by Crippen LogP contribution is 2.32. The van der Waals surface area contributed by atoms with E-state index in [1.807, 2.05) is 0 Å². The number of Topliss-reactive ketones (excluding diaryl/α,β-unsaturated/α-hetero) is 1. The van der Waals surface area contributed by atoms with E-state index in [4.69, 9.17) is 31.7 Å². The Morgan fingerprint density at radius 1 is 1.36 bits per heavy atom. The van der Waals surface area contributed by atoms with Crippen LogP contribution in [0.4, 0.5) is 0 Å². The number of rotatable bonds is 4. The number of amides is 1. The van der Waals surface area contributed by atoms with Gasteiger partial charge in [-0.15, -0.1) is 0 Å². The molecule has 0 aromatic heterocycles. The Morgan fingerprint density at radius 2 is 2.12 bits per heavy atom. The quantitative estimate of drug-likeness (QED) is 0.382. The number of ether oxygens (including phenoxy) is 3. The molecule has 8 heteroatoms. The van der Waals surface area contributed by atoms with Crippen LogP contribution < -0.4 is 15.3 Å². The van der Waals surface area contributed by atoms with Gasteiger partial charge in [0.25, 0.3) is 5.91 Å². The maximum absolute atomic E-state index is 12.5. The van der Waals surface area contributed by atoms with E-state index in [-0.39, 0.29) is 18.1 Å². The van der Waals surface area contributed by atoms with Crippen LogP contribution in [0.5, 0.6) is 11.5 Å². The van der Waals surface area contributed by atoms with Gasteiger partial charge in [-0.2, -0.15) is 0 Å². The number of carbonyl (C=O) groups excluding carboxylic acids is 2. The van der Waals surface area contributed by atoms with Crippen LogP contribution in [-0.4, -0.2) is 30.1 Å². The predicted octanol–water partition coefficient (Wildman–Crippen LogP) is 2.24. The molecule has 25 heavy (non-hydrogen) atoms. The smallest absolute Gasteiger partial charge is 0.272 e. The average Bonchev–Trinajstić information content (AvgIpc) is 3.06. The summed E-state index contributed by atoms with van der Waals surface area (Å²) in [5.41, 5.74) is 0.440. The molecule has 1 aromatic carbocycles. The van der Waals surface area contributed by atoms with E-state index in [0.717, 1.165) is 5.01 Å². The third-order valence-corrected chi connectivity index (χ3v) is 3.70. The van der Waals surface area contributed by atoms with Gasteiger partial charge in [-0.3, -0.25) is 14.6 Å². The highest BCUT2D eigenvalue weighted by atomic mass is 35.5. The number of hydrogen-bond donors (Lipinski definition) is 1. The highest BCUT2D eigenvalue weighted by molar-refractivity contribution is 6.33. The van der Waals surface area contributed by atoms with Crippen LogP contribution in [0.3, 0.4) is 0 Å². The summed E-state index contributed by atoms with van der Waals surface area (Å²) in [6.45, 7) is 2.17. The Bertz CT molecular complexity index is 828. The van der Waals surface area contributed by atoms with Crippen LogP contribution in [0.2, 0.25) is 0 Å². The minimum Gasteiger partial charge on any atom is -0.490 e. The van der Waals surface area contributed by atoms with Gasteiger partial charge in [0.2, 0.25) is 12.6 Å². The molecule has 1 aromatic rings. The molecule has 0 atom stereocenters. The number of nitrogens with zero attached hydrogens (tertiary/aromatic N) is 1. The molecule has 1 aliphatic heterocycles. The summed E-state index contributed by atoms with van der Waals surface area (Å²) in [6.07, 6.45) is 4.05. The summed E-state index contributed by atoms with van der Waals surface area (Å²) in [7, 11) is 0. The van der Waals surface area contributed by atoms with E-state index < -0.39 is 11.7 Å². The molecule has 2 aliphatic rings. The Hall–Kier alpha value is -2.77. The molecule has 1 heterocycles. The van der Waals surface area contributed by atoms with Gasteiger partial charge in [-0.1, -0.05) is 11.6 Å². The standard InChI is InChI=1S/C17H15ClN2O5/c1-2-23-15-7-12(18)5-11(16(15)21)8-20(19)17(22)10-3-4-13-14(6-10)25-9-24-13/h3-8H,2,9,19H2,1H3/b11-8+. The van der Waals surface area contributed by atoms with Crippen molar-refractivity contribution in [1.29, 1.82) is 0 Å². The summed E-state index contributed by atoms with van der Waals surface area (Å²) in [4.78, 5) is 24.8. The second-order valence-electron chi connectivity index (χ2n) is 5.16. The Labute approximate surface area is 148 Å². The lowest BCUT2D eigenvalue weighted by atomic mass is 10.1. The maximum atomic E-state index is 12.5. The van der Waals surface area contributed by atoms with Gasteiger partial charge in [0.15, 0.2) is 17.3 Å². The van der Waals surface area contributed by atoms with E-state index in [1.165, 1.54) is 24.4 Å². The second-order valence-corrected chi connectivity index (χ2v) is 5.60. The van der Waals surface area contributed by atoms with Gasteiger partial charge in [0.1, 0.15) is 0 Å². The first-order chi connectivity index (χ1) is 12.0. The Balaban J connectivity index is 1.82. The first kappa shape index (κ1) is 17.1. The molecule has 0 unspecified atom stereocenters. The number of halogens is 1. The van der Waals surface area contributed by atoms with Crippen molar-refractivity contribution < 1.29 is 23.8 Å². The predicted molar refractivity (Wildman–Crippen MR) is 89.7 cm³/mol. The van der Waals surface area contributed by atoms with Crippen molar-refractivity contribution in [2.45, 2.75) is 6.92 Å². The number of benzene rings is 1. The summed E-state index contributed by atoms with van der Waals surface area (Å²) < 4.78 is 15.7. The molecular weight excluding hydrogens is 348 g/mol. The van der Waals surface area contributed by atoms with Crippen molar-refractivity contribution in [3.8, 4) is 11.5 Å². The Morgan fingerprint density at radius 3 is 2.88 bits per heavy atom. The van der Waals surface area contributed by atoms with Crippen molar-refractivity contribution in [2.24, 2.45) is 5.84 Å². The van der Waals surface area contributed by atoms with Gasteiger partial charge in [-0.05, 0) is 31.2 Å². The number of ketones is 1. The fraction of sp³-hybridized carbons (Fsp3) is 0.176. The molecule has 1 aliphatic carbocycles. The molecule has 0 saturated carbocycles. The van der Waals surface area contributed by atoms with Crippen LogP contribution in [0.25, 0.3) is 0 Å². The summed E-state index contributed by atoms with van der Waals surface area (Å²) in [5, 5.41) is 1.12. The minimum absolute atomic E-state index is 0.102. The van der Waals surface area contributed by atoms with Crippen LogP contribution in [0.15, 0.2) is 52.9 Å². The summed E-state index contributed by atoms with van der Waals surface area (Å²) >= 11 is 5.99. The monoisotopic (exact) mass is 362 g/mol. The minimum atomic E-state index is -0.518. The van der Waals surface area contributed by atoms with Crippen molar-refractivity contribution in [3.05, 3.63) is 58.5 Å². The van der Waals surface area contributed by atoms with Gasteiger partial charge in [0, 0.05) is 28.4 Å². The summed E-state index contributed by atoms with van der Waals surface area (Å²) in [5.74, 6) is 6.00. The molecule has 130 valence electrons. The van der Waals surface area contributed by atoms with Crippen molar-refractivity contribution in [3.63, 3.8) is 0 Å². The third kappa shape index (κ3) is 3.52. The molecule has 2 N–H and O–H groups in total. The second kappa shape index (κ2) is 7.00. The van der Waals surface area contributed by atoms with Crippen molar-refractivity contribution in [1.82, 2.24) is 5.01 Å².